The second kappa shape index (κ2) is 12.0. The van der Waals surface area contributed by atoms with Gasteiger partial charge in [-0.2, -0.15) is 0 Å². The summed E-state index contributed by atoms with van der Waals surface area (Å²) in [6.45, 7) is 19.0. The van der Waals surface area contributed by atoms with Crippen molar-refractivity contribution in [3.05, 3.63) is 34.4 Å². The minimum Gasteiger partial charge on any atom is -0.481 e. The average Bonchev–Trinajstić information content (AvgIpc) is 2.93. The lowest BCUT2D eigenvalue weighted by atomic mass is 9.40. The predicted molar refractivity (Wildman–Crippen MR) is 173 cm³/mol. The highest BCUT2D eigenvalue weighted by Crippen LogP contribution is 2.70. The molecule has 0 aliphatic heterocycles. The lowest BCUT2D eigenvalue weighted by molar-refractivity contribution is -0.160. The Bertz CT molecular complexity index is 1410. The standard InChI is InChI=1S/C34H44O7S.C2H6/c1-18-28-23(15-25(40-19(2)35)29(18)41-20(3)36)33(7)10-9-22-24-17-32(6,30(38)39)12-11-31(24,5)13-14-34(22,8)27(33)16-26(28)42-21(4)37;1-2/h15-16,22,24,26H,9-14,17H2,1-8H3,(H,38,39);1-2H3/t22?,24?,26?,31?,32-,33?,34?;/m1./s1. The normalized spacial score (nSPS) is 35.2. The molecular formula is C36H50O7S. The summed E-state index contributed by atoms with van der Waals surface area (Å²) in [5, 5.41) is 9.86. The van der Waals surface area contributed by atoms with Gasteiger partial charge in [0.25, 0.3) is 0 Å². The van der Waals surface area contributed by atoms with E-state index in [-0.39, 0.29) is 38.1 Å². The van der Waals surface area contributed by atoms with E-state index in [0.717, 1.165) is 43.2 Å². The van der Waals surface area contributed by atoms with Crippen molar-refractivity contribution in [1.82, 2.24) is 0 Å². The zero-order chi connectivity index (χ0) is 33.0. The Morgan fingerprint density at radius 3 is 2.07 bits per heavy atom. The zero-order valence-corrected chi connectivity index (χ0v) is 29.0. The quantitative estimate of drug-likeness (QED) is 0.201. The maximum Gasteiger partial charge on any atom is 0.309 e. The van der Waals surface area contributed by atoms with E-state index in [1.54, 1.807) is 6.92 Å². The topological polar surface area (TPSA) is 107 Å². The zero-order valence-electron chi connectivity index (χ0n) is 28.1. The molecule has 0 radical (unpaired) electrons. The minimum atomic E-state index is -0.715. The summed E-state index contributed by atoms with van der Waals surface area (Å²) < 4.78 is 11.2. The number of fused-ring (bicyclic) bond motifs is 7. The van der Waals surface area contributed by atoms with Crippen molar-refractivity contribution in [1.29, 1.82) is 0 Å². The third-order valence-electron chi connectivity index (χ3n) is 11.5. The minimum absolute atomic E-state index is 0.0119. The molecule has 6 unspecified atom stereocenters. The van der Waals surface area contributed by atoms with Gasteiger partial charge in [0.2, 0.25) is 0 Å². The third-order valence-corrected chi connectivity index (χ3v) is 12.5. The molecule has 1 aromatic rings. The molecule has 44 heavy (non-hydrogen) atoms. The second-order valence-electron chi connectivity index (χ2n) is 14.3. The molecular weight excluding hydrogens is 576 g/mol. The third kappa shape index (κ3) is 5.54. The molecule has 1 N–H and O–H groups in total. The lowest BCUT2D eigenvalue weighted by Crippen LogP contribution is -2.57. The molecule has 0 saturated heterocycles. The number of carboxylic acid groups (broad SMARTS) is 1. The molecule has 0 bridgehead atoms. The van der Waals surface area contributed by atoms with Gasteiger partial charge in [0.15, 0.2) is 16.6 Å². The van der Waals surface area contributed by atoms with Gasteiger partial charge in [0, 0.05) is 31.7 Å². The number of carbonyl (C=O) groups excluding carboxylic acids is 3. The Hall–Kier alpha value is -2.61. The molecule has 3 saturated carbocycles. The van der Waals surface area contributed by atoms with E-state index in [2.05, 4.69) is 26.8 Å². The summed E-state index contributed by atoms with van der Waals surface area (Å²) >= 11 is 1.26. The van der Waals surface area contributed by atoms with Gasteiger partial charge in [-0.3, -0.25) is 19.2 Å². The highest BCUT2D eigenvalue weighted by molar-refractivity contribution is 8.13. The van der Waals surface area contributed by atoms with Crippen molar-refractivity contribution in [2.24, 2.45) is 28.1 Å². The van der Waals surface area contributed by atoms with Crippen molar-refractivity contribution >= 4 is 34.8 Å². The van der Waals surface area contributed by atoms with E-state index in [4.69, 9.17) is 9.47 Å². The van der Waals surface area contributed by atoms with E-state index in [1.807, 2.05) is 33.8 Å². The van der Waals surface area contributed by atoms with Crippen LogP contribution in [0.4, 0.5) is 0 Å². The van der Waals surface area contributed by atoms with E-state index < -0.39 is 23.3 Å². The fourth-order valence-electron chi connectivity index (χ4n) is 9.22. The SMILES string of the molecule is CC.CC(=O)Oc1cc2c(c(C)c1OC(C)=O)C(SC(C)=O)C=C1C2(C)CCC2C3C[C@](C)(C(=O)O)CCC3(C)CCC12C. The number of esters is 2. The van der Waals surface area contributed by atoms with Crippen molar-refractivity contribution in [3.8, 4) is 11.5 Å². The number of hydrogen-bond acceptors (Lipinski definition) is 7. The van der Waals surface area contributed by atoms with Crippen molar-refractivity contribution < 1.29 is 33.8 Å². The fraction of sp³-hybridized carbons (Fsp3) is 0.667. The van der Waals surface area contributed by atoms with Crippen LogP contribution in [0.3, 0.4) is 0 Å². The molecule has 0 amide bonds. The van der Waals surface area contributed by atoms with Gasteiger partial charge >= 0.3 is 17.9 Å². The first kappa shape index (κ1) is 34.3. The van der Waals surface area contributed by atoms with Crippen LogP contribution in [0.2, 0.25) is 0 Å². The van der Waals surface area contributed by atoms with Gasteiger partial charge in [-0.05, 0) is 98.7 Å². The molecule has 7 atom stereocenters. The summed E-state index contributed by atoms with van der Waals surface area (Å²) in [6.07, 6.45) is 8.47. The van der Waals surface area contributed by atoms with Gasteiger partial charge in [0.05, 0.1) is 10.7 Å². The maximum atomic E-state index is 12.6. The van der Waals surface area contributed by atoms with Gasteiger partial charge in [-0.15, -0.1) is 0 Å². The van der Waals surface area contributed by atoms with Crippen LogP contribution in [0.1, 0.15) is 129 Å². The Morgan fingerprint density at radius 2 is 1.50 bits per heavy atom. The highest BCUT2D eigenvalue weighted by atomic mass is 32.2. The number of carbonyl (C=O) groups is 4. The molecule has 0 heterocycles. The lowest BCUT2D eigenvalue weighted by Gasteiger charge is -2.65. The molecule has 0 spiro atoms. The number of ether oxygens (including phenoxy) is 2. The Morgan fingerprint density at radius 1 is 0.886 bits per heavy atom. The van der Waals surface area contributed by atoms with E-state index in [1.165, 1.54) is 31.2 Å². The number of carboxylic acids is 1. The van der Waals surface area contributed by atoms with Gasteiger partial charge in [-0.25, -0.2) is 0 Å². The van der Waals surface area contributed by atoms with Crippen molar-refractivity contribution in [2.45, 2.75) is 125 Å². The van der Waals surface area contributed by atoms with Crippen molar-refractivity contribution in [3.63, 3.8) is 0 Å². The summed E-state index contributed by atoms with van der Waals surface area (Å²) in [5.41, 5.74) is 2.78. The Labute approximate surface area is 266 Å². The van der Waals surface area contributed by atoms with Gasteiger partial charge < -0.3 is 14.6 Å². The van der Waals surface area contributed by atoms with Crippen LogP contribution in [0.15, 0.2) is 17.7 Å². The Kier molecular flexibility index (Phi) is 9.31. The average molecular weight is 627 g/mol. The van der Waals surface area contributed by atoms with Crippen LogP contribution in [0, 0.1) is 35.0 Å². The van der Waals surface area contributed by atoms with Crippen LogP contribution < -0.4 is 9.47 Å². The van der Waals surface area contributed by atoms with Crippen LogP contribution in [0.25, 0.3) is 0 Å². The highest BCUT2D eigenvalue weighted by Gasteiger charge is 2.62. The van der Waals surface area contributed by atoms with Crippen molar-refractivity contribution in [2.75, 3.05) is 0 Å². The number of rotatable bonds is 4. The maximum absolute atomic E-state index is 12.6. The summed E-state index contributed by atoms with van der Waals surface area (Å²) in [5.74, 6) is -0.659. The van der Waals surface area contributed by atoms with E-state index >= 15 is 0 Å². The molecule has 1 aromatic carbocycles. The molecule has 0 aromatic heterocycles. The molecule has 4 aliphatic carbocycles. The van der Waals surface area contributed by atoms with Crippen LogP contribution in [0.5, 0.6) is 11.5 Å². The molecule has 5 rings (SSSR count). The van der Waals surface area contributed by atoms with Crippen LogP contribution >= 0.6 is 11.8 Å². The summed E-state index contributed by atoms with van der Waals surface area (Å²) in [6, 6.07) is 1.86. The van der Waals surface area contributed by atoms with E-state index in [0.29, 0.717) is 30.2 Å². The van der Waals surface area contributed by atoms with Crippen LogP contribution in [-0.4, -0.2) is 28.1 Å². The first-order valence-corrected chi connectivity index (χ1v) is 17.0. The Balaban J connectivity index is 0.00000216. The molecule has 7 nitrogen and oxygen atoms in total. The molecule has 8 heteroatoms. The number of benzene rings is 1. The van der Waals surface area contributed by atoms with Gasteiger partial charge in [0.1, 0.15) is 0 Å². The van der Waals surface area contributed by atoms with Gasteiger partial charge in [-0.1, -0.05) is 58.0 Å². The number of thioether (sulfide) groups is 1. The number of allylic oxidation sites excluding steroid dienone is 1. The first-order valence-electron chi connectivity index (χ1n) is 16.1. The monoisotopic (exact) mass is 626 g/mol. The first-order chi connectivity index (χ1) is 20.4. The summed E-state index contributed by atoms with van der Waals surface area (Å²) in [7, 11) is 0. The number of hydrogen-bond donors (Lipinski definition) is 1. The fourth-order valence-corrected chi connectivity index (χ4v) is 10.2. The molecule has 242 valence electrons. The molecule has 3 fully saturated rings. The van der Waals surface area contributed by atoms with E-state index in [9.17, 15) is 24.3 Å². The number of aliphatic carboxylic acids is 1. The second-order valence-corrected chi connectivity index (χ2v) is 15.6. The summed E-state index contributed by atoms with van der Waals surface area (Å²) in [4.78, 5) is 49.2. The molecule has 4 aliphatic rings. The largest absolute Gasteiger partial charge is 0.481 e. The smallest absolute Gasteiger partial charge is 0.309 e. The van der Waals surface area contributed by atoms with Crippen LogP contribution in [-0.2, 0) is 24.6 Å². The predicted octanol–water partition coefficient (Wildman–Crippen LogP) is 8.50.